The average Bonchev–Trinajstić information content (AvgIpc) is 3.26. The van der Waals surface area contributed by atoms with Gasteiger partial charge in [-0.05, 0) is 77.0 Å². The fourth-order valence-electron chi connectivity index (χ4n) is 7.05. The van der Waals surface area contributed by atoms with E-state index in [1.165, 1.54) is 64.2 Å². The number of rotatable bonds is 40. The molecular weight excluding hydrogens is 812 g/mol. The normalized spacial score (nSPS) is 22.5. The lowest BCUT2D eigenvalue weighted by Crippen LogP contribution is -2.64. The second kappa shape index (κ2) is 39.4. The lowest BCUT2D eigenvalue weighted by atomic mass is 9.85. The van der Waals surface area contributed by atoms with Gasteiger partial charge in [-0.15, -0.1) is 0 Å². The quantitative estimate of drug-likeness (QED) is 0.0148. The van der Waals surface area contributed by atoms with Crippen LogP contribution in [-0.2, 0) is 27.9 Å². The van der Waals surface area contributed by atoms with Crippen molar-refractivity contribution in [2.45, 2.75) is 224 Å². The van der Waals surface area contributed by atoms with E-state index in [1.807, 2.05) is 0 Å². The van der Waals surface area contributed by atoms with Crippen molar-refractivity contribution in [3.63, 3.8) is 0 Å². The average molecular weight is 899 g/mol. The number of phosphoric ester groups is 1. The second-order valence-electron chi connectivity index (χ2n) is 16.6. The van der Waals surface area contributed by atoms with Gasteiger partial charge in [-0.1, -0.05) is 158 Å². The van der Waals surface area contributed by atoms with E-state index < -0.39 is 63.1 Å². The van der Waals surface area contributed by atoms with Crippen molar-refractivity contribution in [2.24, 2.45) is 0 Å². The molecule has 6 unspecified atom stereocenters. The van der Waals surface area contributed by atoms with Crippen LogP contribution < -0.4 is 0 Å². The number of carbonyl (C=O) groups excluding carboxylic acids is 1. The molecule has 6 atom stereocenters. The summed E-state index contributed by atoms with van der Waals surface area (Å²) in [6.45, 7) is 4.10. The molecule has 0 aromatic heterocycles. The fourth-order valence-corrected chi connectivity index (χ4v) is 8.02. The molecule has 0 radical (unpaired) electrons. The Morgan fingerprint density at radius 3 is 1.45 bits per heavy atom. The van der Waals surface area contributed by atoms with Crippen LogP contribution in [0.15, 0.2) is 60.8 Å². The third kappa shape index (κ3) is 31.0. The predicted octanol–water partition coefficient (Wildman–Crippen LogP) is 10.2. The van der Waals surface area contributed by atoms with E-state index in [0.29, 0.717) is 13.0 Å². The fraction of sp³-hybridized carbons (Fsp3) is 0.776. The van der Waals surface area contributed by atoms with Crippen LogP contribution in [0.4, 0.5) is 0 Å². The van der Waals surface area contributed by atoms with Crippen LogP contribution in [0.1, 0.15) is 181 Å². The number of aliphatic hydroxyl groups is 5. The Morgan fingerprint density at radius 2 is 0.952 bits per heavy atom. The summed E-state index contributed by atoms with van der Waals surface area (Å²) < 4.78 is 34.2. The van der Waals surface area contributed by atoms with Crippen molar-refractivity contribution in [3.05, 3.63) is 60.8 Å². The Kier molecular flexibility index (Phi) is 36.9. The van der Waals surface area contributed by atoms with E-state index in [-0.39, 0.29) is 13.0 Å². The van der Waals surface area contributed by atoms with Gasteiger partial charge in [0.25, 0.3) is 0 Å². The molecule has 62 heavy (non-hydrogen) atoms. The lowest BCUT2D eigenvalue weighted by molar-refractivity contribution is -0.220. The van der Waals surface area contributed by atoms with Crippen molar-refractivity contribution in [3.8, 4) is 0 Å². The van der Waals surface area contributed by atoms with Gasteiger partial charge in [-0.2, -0.15) is 0 Å². The molecule has 360 valence electrons. The molecule has 1 saturated carbocycles. The SMILES string of the molecule is CC/C=C\C/C=C\C/C=C\CCCCCCCCCCOCC(COP(=O)(O)OC1C(O)C(O)C(O)C(O)C1O)OC(=O)CCCCCCCCC/C=C\C/C=C\CCCCC. The highest BCUT2D eigenvalue weighted by Crippen LogP contribution is 2.47. The zero-order valence-electron chi connectivity index (χ0n) is 38.4. The Balaban J connectivity index is 2.39. The topological polar surface area (TPSA) is 192 Å². The minimum Gasteiger partial charge on any atom is -0.457 e. The molecule has 0 aromatic carbocycles. The van der Waals surface area contributed by atoms with Gasteiger partial charge in [-0.3, -0.25) is 13.8 Å². The highest BCUT2D eigenvalue weighted by Gasteiger charge is 2.51. The maximum atomic E-state index is 12.8. The van der Waals surface area contributed by atoms with Crippen LogP contribution in [-0.4, -0.2) is 98.9 Å². The van der Waals surface area contributed by atoms with Gasteiger partial charge >= 0.3 is 13.8 Å². The molecule has 0 amide bonds. The third-order valence-electron chi connectivity index (χ3n) is 10.9. The van der Waals surface area contributed by atoms with Crippen molar-refractivity contribution >= 4 is 13.8 Å². The molecule has 0 spiro atoms. The number of carbonyl (C=O) groups is 1. The molecule has 0 aliphatic heterocycles. The largest absolute Gasteiger partial charge is 0.472 e. The van der Waals surface area contributed by atoms with Crippen LogP contribution in [0.2, 0.25) is 0 Å². The number of unbranched alkanes of at least 4 members (excludes halogenated alkanes) is 18. The van der Waals surface area contributed by atoms with E-state index in [2.05, 4.69) is 74.6 Å². The standard InChI is InChI=1S/C49H87O12P/c1-3-5-7-9-11-13-15-17-19-21-23-25-27-29-31-33-35-37-39-58-40-42(41-59-62(56,57)61-49-47(54)45(52)44(51)46(53)48(49)55)60-43(50)38-36-34-32-30-28-26-24-22-20-18-16-14-12-10-8-6-4-2/h5,7,11-14,17-20,42,44-49,51-55H,3-4,6,8-10,15-16,21-41H2,1-2H3,(H,56,57)/b7-5-,13-11-,14-12-,19-17-,20-18-. The van der Waals surface area contributed by atoms with Gasteiger partial charge in [-0.25, -0.2) is 4.57 Å². The number of esters is 1. The minimum absolute atomic E-state index is 0.0873. The molecule has 1 fully saturated rings. The Morgan fingerprint density at radius 1 is 0.532 bits per heavy atom. The van der Waals surface area contributed by atoms with Gasteiger partial charge in [0.1, 0.15) is 42.7 Å². The number of hydrogen-bond acceptors (Lipinski definition) is 11. The number of aliphatic hydroxyl groups excluding tert-OH is 5. The summed E-state index contributed by atoms with van der Waals surface area (Å²) in [4.78, 5) is 23.2. The van der Waals surface area contributed by atoms with E-state index >= 15 is 0 Å². The first-order chi connectivity index (χ1) is 30.0. The molecule has 0 bridgehead atoms. The number of phosphoric acid groups is 1. The summed E-state index contributed by atoms with van der Waals surface area (Å²) >= 11 is 0. The summed E-state index contributed by atoms with van der Waals surface area (Å²) in [5.74, 6) is -0.490. The maximum Gasteiger partial charge on any atom is 0.472 e. The molecule has 13 heteroatoms. The van der Waals surface area contributed by atoms with E-state index in [9.17, 15) is 39.8 Å². The smallest absolute Gasteiger partial charge is 0.457 e. The Hall–Kier alpha value is -1.96. The molecular formula is C49H87O12P. The van der Waals surface area contributed by atoms with Gasteiger partial charge < -0.3 is 39.9 Å². The lowest BCUT2D eigenvalue weighted by Gasteiger charge is -2.41. The molecule has 1 rings (SSSR count). The van der Waals surface area contributed by atoms with Gasteiger partial charge in [0.2, 0.25) is 0 Å². The molecule has 0 saturated heterocycles. The first-order valence-corrected chi connectivity index (χ1v) is 25.6. The maximum absolute atomic E-state index is 12.8. The number of allylic oxidation sites excluding steroid dienone is 10. The van der Waals surface area contributed by atoms with Crippen LogP contribution in [0.25, 0.3) is 0 Å². The second-order valence-corrected chi connectivity index (χ2v) is 18.0. The molecule has 0 heterocycles. The van der Waals surface area contributed by atoms with E-state index in [1.54, 1.807) is 0 Å². The summed E-state index contributed by atoms with van der Waals surface area (Å²) in [5, 5.41) is 50.2. The predicted molar refractivity (Wildman–Crippen MR) is 248 cm³/mol. The van der Waals surface area contributed by atoms with Crippen LogP contribution in [0.5, 0.6) is 0 Å². The minimum atomic E-state index is -5.03. The van der Waals surface area contributed by atoms with Crippen LogP contribution >= 0.6 is 7.82 Å². The number of hydrogen-bond donors (Lipinski definition) is 6. The van der Waals surface area contributed by atoms with Gasteiger partial charge in [0.15, 0.2) is 0 Å². The Labute approximate surface area is 375 Å². The van der Waals surface area contributed by atoms with Crippen molar-refractivity contribution < 1.29 is 58.3 Å². The summed E-state index contributed by atoms with van der Waals surface area (Å²) in [6.07, 6.45) is 37.1. The summed E-state index contributed by atoms with van der Waals surface area (Å²) in [6, 6.07) is 0. The molecule has 1 aliphatic carbocycles. The van der Waals surface area contributed by atoms with Crippen LogP contribution in [0.3, 0.4) is 0 Å². The van der Waals surface area contributed by atoms with Gasteiger partial charge in [0.05, 0.1) is 13.2 Å². The van der Waals surface area contributed by atoms with Crippen molar-refractivity contribution in [2.75, 3.05) is 19.8 Å². The summed E-state index contributed by atoms with van der Waals surface area (Å²) in [7, 11) is -5.03. The molecule has 0 aromatic rings. The molecule has 1 aliphatic rings. The summed E-state index contributed by atoms with van der Waals surface area (Å²) in [5.41, 5.74) is 0. The van der Waals surface area contributed by atoms with Crippen LogP contribution in [0, 0.1) is 0 Å². The zero-order chi connectivity index (χ0) is 45.5. The Bertz CT molecular complexity index is 1250. The van der Waals surface area contributed by atoms with E-state index in [0.717, 1.165) is 89.9 Å². The number of ether oxygens (including phenoxy) is 2. The molecule has 6 N–H and O–H groups in total. The highest BCUT2D eigenvalue weighted by molar-refractivity contribution is 7.47. The van der Waals surface area contributed by atoms with Crippen molar-refractivity contribution in [1.82, 2.24) is 0 Å². The first kappa shape index (κ1) is 58.1. The van der Waals surface area contributed by atoms with Gasteiger partial charge in [0, 0.05) is 13.0 Å². The monoisotopic (exact) mass is 899 g/mol. The highest BCUT2D eigenvalue weighted by atomic mass is 31.2. The van der Waals surface area contributed by atoms with E-state index in [4.69, 9.17) is 18.5 Å². The molecule has 12 nitrogen and oxygen atoms in total. The zero-order valence-corrected chi connectivity index (χ0v) is 39.3. The first-order valence-electron chi connectivity index (χ1n) is 24.1. The van der Waals surface area contributed by atoms with Crippen molar-refractivity contribution in [1.29, 1.82) is 0 Å². The third-order valence-corrected chi connectivity index (χ3v) is 11.9.